The third-order valence-electron chi connectivity index (χ3n) is 3.94. The van der Waals surface area contributed by atoms with Crippen LogP contribution in [0.3, 0.4) is 0 Å². The SMILES string of the molecule is CCCO[Si](CCCCCCCCCCF)(OCCC)OCCC. The number of alkyl halides is 1. The first-order valence-corrected chi connectivity index (χ1v) is 12.2. The summed E-state index contributed by atoms with van der Waals surface area (Å²) in [6.07, 6.45) is 12.0. The Morgan fingerprint density at radius 3 is 1.33 bits per heavy atom. The Hall–Kier alpha value is 0.0269. The monoisotopic (exact) mass is 364 g/mol. The van der Waals surface area contributed by atoms with Crippen molar-refractivity contribution in [3.05, 3.63) is 0 Å². The van der Waals surface area contributed by atoms with E-state index in [4.69, 9.17) is 13.3 Å². The van der Waals surface area contributed by atoms with Crippen LogP contribution >= 0.6 is 0 Å². The summed E-state index contributed by atoms with van der Waals surface area (Å²) in [5.74, 6) is 0. The molecule has 0 radical (unpaired) electrons. The second-order valence-corrected chi connectivity index (χ2v) is 9.23. The van der Waals surface area contributed by atoms with Gasteiger partial charge in [0.15, 0.2) is 0 Å². The molecular formula is C19H41FO3Si. The van der Waals surface area contributed by atoms with Crippen molar-refractivity contribution in [1.29, 1.82) is 0 Å². The van der Waals surface area contributed by atoms with Gasteiger partial charge in [-0.3, -0.25) is 4.39 Å². The molecule has 0 aliphatic rings. The molecule has 0 aromatic heterocycles. The molecule has 0 heterocycles. The van der Waals surface area contributed by atoms with Crippen LogP contribution in [-0.2, 0) is 13.3 Å². The molecule has 24 heavy (non-hydrogen) atoms. The molecule has 0 saturated carbocycles. The van der Waals surface area contributed by atoms with Gasteiger partial charge >= 0.3 is 8.80 Å². The fourth-order valence-corrected chi connectivity index (χ4v) is 5.52. The van der Waals surface area contributed by atoms with Crippen LogP contribution in [0.15, 0.2) is 0 Å². The molecule has 0 aliphatic carbocycles. The van der Waals surface area contributed by atoms with E-state index in [0.717, 1.165) is 64.4 Å². The molecule has 0 bridgehead atoms. The van der Waals surface area contributed by atoms with Gasteiger partial charge in [-0.25, -0.2) is 0 Å². The molecule has 146 valence electrons. The lowest BCUT2D eigenvalue weighted by atomic mass is 10.1. The fraction of sp³-hybridized carbons (Fsp3) is 1.00. The topological polar surface area (TPSA) is 27.7 Å². The second-order valence-electron chi connectivity index (χ2n) is 6.50. The summed E-state index contributed by atoms with van der Waals surface area (Å²) in [6.45, 7) is 8.40. The smallest absolute Gasteiger partial charge is 0.373 e. The Morgan fingerprint density at radius 2 is 0.958 bits per heavy atom. The van der Waals surface area contributed by atoms with Gasteiger partial charge in [-0.15, -0.1) is 0 Å². The van der Waals surface area contributed by atoms with E-state index < -0.39 is 8.80 Å². The molecule has 0 atom stereocenters. The molecule has 0 aromatic rings. The molecule has 0 saturated heterocycles. The van der Waals surface area contributed by atoms with E-state index in [1.807, 2.05) is 0 Å². The van der Waals surface area contributed by atoms with Crippen LogP contribution in [0.25, 0.3) is 0 Å². The molecule has 0 unspecified atom stereocenters. The highest BCUT2D eigenvalue weighted by atomic mass is 28.4. The van der Waals surface area contributed by atoms with Gasteiger partial charge < -0.3 is 13.3 Å². The van der Waals surface area contributed by atoms with Gasteiger partial charge in [0.1, 0.15) is 0 Å². The van der Waals surface area contributed by atoms with Crippen molar-refractivity contribution in [2.75, 3.05) is 26.5 Å². The second kappa shape index (κ2) is 17.8. The Bertz CT molecular complexity index is 233. The lowest BCUT2D eigenvalue weighted by Crippen LogP contribution is -2.46. The van der Waals surface area contributed by atoms with E-state index in [9.17, 15) is 4.39 Å². The minimum Gasteiger partial charge on any atom is -0.373 e. The van der Waals surface area contributed by atoms with Crippen LogP contribution in [0.4, 0.5) is 4.39 Å². The summed E-state index contributed by atoms with van der Waals surface area (Å²) >= 11 is 0. The van der Waals surface area contributed by atoms with Gasteiger partial charge in [-0.05, 0) is 32.1 Å². The van der Waals surface area contributed by atoms with Gasteiger partial charge in [-0.1, -0.05) is 59.3 Å². The fourth-order valence-electron chi connectivity index (χ4n) is 2.61. The summed E-state index contributed by atoms with van der Waals surface area (Å²) in [5.41, 5.74) is 0. The van der Waals surface area contributed by atoms with Crippen molar-refractivity contribution < 1.29 is 17.7 Å². The highest BCUT2D eigenvalue weighted by molar-refractivity contribution is 6.60. The van der Waals surface area contributed by atoms with Crippen LogP contribution in [-0.4, -0.2) is 35.3 Å². The largest absolute Gasteiger partial charge is 0.500 e. The number of hydrogen-bond acceptors (Lipinski definition) is 3. The molecule has 0 aromatic carbocycles. The van der Waals surface area contributed by atoms with E-state index in [1.54, 1.807) is 0 Å². The Labute approximate surface area is 151 Å². The minimum atomic E-state index is -2.49. The van der Waals surface area contributed by atoms with Gasteiger partial charge in [-0.2, -0.15) is 0 Å². The molecule has 0 rings (SSSR count). The van der Waals surface area contributed by atoms with Gasteiger partial charge in [0.2, 0.25) is 0 Å². The first-order valence-electron chi connectivity index (χ1n) is 10.2. The molecule has 3 nitrogen and oxygen atoms in total. The molecule has 0 fully saturated rings. The summed E-state index contributed by atoms with van der Waals surface area (Å²) in [6, 6.07) is 0.939. The average molecular weight is 365 g/mol. The Balaban J connectivity index is 4.07. The average Bonchev–Trinajstić information content (AvgIpc) is 2.61. The van der Waals surface area contributed by atoms with Crippen molar-refractivity contribution in [3.63, 3.8) is 0 Å². The summed E-state index contributed by atoms with van der Waals surface area (Å²) in [5, 5.41) is 0. The van der Waals surface area contributed by atoms with E-state index in [1.165, 1.54) is 32.1 Å². The maximum absolute atomic E-state index is 12.0. The zero-order valence-corrected chi connectivity index (χ0v) is 17.4. The van der Waals surface area contributed by atoms with Crippen molar-refractivity contribution >= 4 is 8.80 Å². The van der Waals surface area contributed by atoms with Gasteiger partial charge in [0, 0.05) is 25.9 Å². The number of halogens is 1. The highest BCUT2D eigenvalue weighted by Crippen LogP contribution is 2.22. The molecular weight excluding hydrogens is 323 g/mol. The predicted octanol–water partition coefficient (Wildman–Crippen LogP) is 6.30. The quantitative estimate of drug-likeness (QED) is 0.199. The van der Waals surface area contributed by atoms with E-state index in [-0.39, 0.29) is 6.67 Å². The van der Waals surface area contributed by atoms with Crippen LogP contribution in [0.2, 0.25) is 6.04 Å². The normalized spacial score (nSPS) is 12.0. The van der Waals surface area contributed by atoms with Gasteiger partial charge in [0.25, 0.3) is 0 Å². The van der Waals surface area contributed by atoms with Gasteiger partial charge in [0.05, 0.1) is 6.67 Å². The van der Waals surface area contributed by atoms with Crippen molar-refractivity contribution in [3.8, 4) is 0 Å². The lowest BCUT2D eigenvalue weighted by molar-refractivity contribution is 0.0586. The summed E-state index contributed by atoms with van der Waals surface area (Å²) in [4.78, 5) is 0. The number of hydrogen-bond donors (Lipinski definition) is 0. The third kappa shape index (κ3) is 13.3. The Kier molecular flexibility index (Phi) is 17.9. The summed E-state index contributed by atoms with van der Waals surface area (Å²) in [7, 11) is -2.49. The standard InChI is InChI=1S/C19H41FO3Si/c1-4-16-21-24(22-17-5-2,23-18-6-3)19-14-12-10-8-7-9-11-13-15-20/h4-19H2,1-3H3. The van der Waals surface area contributed by atoms with Crippen LogP contribution in [0, 0.1) is 0 Å². The number of unbranched alkanes of at least 4 members (excludes halogenated alkanes) is 7. The maximum atomic E-state index is 12.0. The zero-order chi connectivity index (χ0) is 17.9. The minimum absolute atomic E-state index is 0.167. The molecule has 0 spiro atoms. The van der Waals surface area contributed by atoms with Crippen LogP contribution in [0.1, 0.15) is 91.4 Å². The van der Waals surface area contributed by atoms with Crippen LogP contribution in [0.5, 0.6) is 0 Å². The molecule has 0 amide bonds. The maximum Gasteiger partial charge on any atom is 0.500 e. The molecule has 0 aliphatic heterocycles. The highest BCUT2D eigenvalue weighted by Gasteiger charge is 2.40. The Morgan fingerprint density at radius 1 is 0.583 bits per heavy atom. The van der Waals surface area contributed by atoms with Crippen molar-refractivity contribution in [2.45, 2.75) is 97.4 Å². The van der Waals surface area contributed by atoms with E-state index >= 15 is 0 Å². The van der Waals surface area contributed by atoms with Crippen molar-refractivity contribution in [1.82, 2.24) is 0 Å². The predicted molar refractivity (Wildman–Crippen MR) is 102 cm³/mol. The van der Waals surface area contributed by atoms with Crippen LogP contribution < -0.4 is 0 Å². The van der Waals surface area contributed by atoms with E-state index in [0.29, 0.717) is 0 Å². The molecule has 5 heteroatoms. The third-order valence-corrected chi connectivity index (χ3v) is 6.84. The first-order chi connectivity index (χ1) is 11.7. The summed E-state index contributed by atoms with van der Waals surface area (Å²) < 4.78 is 30.4. The molecule has 0 N–H and O–H groups in total. The zero-order valence-electron chi connectivity index (χ0n) is 16.4. The lowest BCUT2D eigenvalue weighted by Gasteiger charge is -2.29. The van der Waals surface area contributed by atoms with E-state index in [2.05, 4.69) is 20.8 Å². The van der Waals surface area contributed by atoms with Crippen molar-refractivity contribution in [2.24, 2.45) is 0 Å². The number of rotatable bonds is 19. The first kappa shape index (κ1) is 24.0.